The molecule has 1 aromatic heterocycles. The van der Waals surface area contributed by atoms with Crippen molar-refractivity contribution in [3.63, 3.8) is 0 Å². The van der Waals surface area contributed by atoms with E-state index in [1.54, 1.807) is 12.1 Å². The topological polar surface area (TPSA) is 98.7 Å². The van der Waals surface area contributed by atoms with Gasteiger partial charge in [0.05, 0.1) is 11.2 Å². The molecular formula is C11H12N6O. The molecule has 7 nitrogen and oxygen atoms in total. The lowest BCUT2D eigenvalue weighted by molar-refractivity contribution is -0.118. The van der Waals surface area contributed by atoms with Gasteiger partial charge in [-0.05, 0) is 47.5 Å². The van der Waals surface area contributed by atoms with Crippen LogP contribution in [-0.2, 0) is 4.79 Å². The molecule has 1 fully saturated rings. The standard InChI is InChI=1S/C11H12N6O/c12-11(5-6-11)10(18)14-8-1-3-9(4-2-8)17-7-13-15-16-17/h1-4,7H,5-6,12H2,(H,14,18). The Kier molecular flexibility index (Phi) is 2.34. The molecule has 0 radical (unpaired) electrons. The number of nitrogens with zero attached hydrogens (tertiary/aromatic N) is 4. The molecule has 1 amide bonds. The number of hydrogen-bond donors (Lipinski definition) is 2. The van der Waals surface area contributed by atoms with Gasteiger partial charge in [-0.3, -0.25) is 4.79 Å². The van der Waals surface area contributed by atoms with Crippen LogP contribution < -0.4 is 11.1 Å². The average molecular weight is 244 g/mol. The minimum atomic E-state index is -0.658. The monoisotopic (exact) mass is 244 g/mol. The number of carbonyl (C=O) groups excluding carboxylic acids is 1. The summed E-state index contributed by atoms with van der Waals surface area (Å²) in [5.41, 5.74) is 6.69. The van der Waals surface area contributed by atoms with E-state index in [0.717, 1.165) is 18.5 Å². The van der Waals surface area contributed by atoms with Gasteiger partial charge in [0.1, 0.15) is 6.33 Å². The first-order valence-electron chi connectivity index (χ1n) is 5.61. The van der Waals surface area contributed by atoms with E-state index >= 15 is 0 Å². The lowest BCUT2D eigenvalue weighted by Gasteiger charge is -2.10. The average Bonchev–Trinajstić information content (AvgIpc) is 2.94. The van der Waals surface area contributed by atoms with Crippen LogP contribution in [0.4, 0.5) is 5.69 Å². The van der Waals surface area contributed by atoms with Gasteiger partial charge in [0.15, 0.2) is 0 Å². The van der Waals surface area contributed by atoms with Crippen molar-refractivity contribution >= 4 is 11.6 Å². The lowest BCUT2D eigenvalue weighted by Crippen LogP contribution is -2.37. The van der Waals surface area contributed by atoms with Gasteiger partial charge in [-0.15, -0.1) is 5.10 Å². The molecule has 1 aromatic carbocycles. The molecule has 3 N–H and O–H groups in total. The highest BCUT2D eigenvalue weighted by Gasteiger charge is 2.45. The highest BCUT2D eigenvalue weighted by molar-refractivity contribution is 6.00. The number of amides is 1. The Morgan fingerprint density at radius 1 is 1.33 bits per heavy atom. The fraction of sp³-hybridized carbons (Fsp3) is 0.273. The quantitative estimate of drug-likeness (QED) is 0.797. The molecule has 0 saturated heterocycles. The van der Waals surface area contributed by atoms with Crippen molar-refractivity contribution < 1.29 is 4.79 Å². The number of hydrogen-bond acceptors (Lipinski definition) is 5. The van der Waals surface area contributed by atoms with Gasteiger partial charge in [0.25, 0.3) is 0 Å². The van der Waals surface area contributed by atoms with Crippen LogP contribution >= 0.6 is 0 Å². The molecule has 0 atom stereocenters. The summed E-state index contributed by atoms with van der Waals surface area (Å²) in [5, 5.41) is 13.7. The summed E-state index contributed by atoms with van der Waals surface area (Å²) in [4.78, 5) is 11.7. The zero-order valence-corrected chi connectivity index (χ0v) is 9.58. The fourth-order valence-electron chi connectivity index (χ4n) is 1.59. The van der Waals surface area contributed by atoms with Gasteiger partial charge in [0, 0.05) is 5.69 Å². The minimum Gasteiger partial charge on any atom is -0.324 e. The molecule has 3 rings (SSSR count). The molecular weight excluding hydrogens is 232 g/mol. The number of aromatic nitrogens is 4. The molecule has 1 heterocycles. The molecule has 2 aromatic rings. The summed E-state index contributed by atoms with van der Waals surface area (Å²) in [6.45, 7) is 0. The van der Waals surface area contributed by atoms with E-state index in [2.05, 4.69) is 20.8 Å². The van der Waals surface area contributed by atoms with Crippen LogP contribution in [0.3, 0.4) is 0 Å². The molecule has 1 saturated carbocycles. The molecule has 7 heteroatoms. The van der Waals surface area contributed by atoms with E-state index in [9.17, 15) is 4.79 Å². The molecule has 1 aliphatic carbocycles. The Balaban J connectivity index is 1.73. The van der Waals surface area contributed by atoms with Crippen molar-refractivity contribution in [2.24, 2.45) is 5.73 Å². The van der Waals surface area contributed by atoms with E-state index < -0.39 is 5.54 Å². The van der Waals surface area contributed by atoms with Gasteiger partial charge in [-0.2, -0.15) is 0 Å². The molecule has 18 heavy (non-hydrogen) atoms. The third kappa shape index (κ3) is 1.95. The van der Waals surface area contributed by atoms with E-state index in [-0.39, 0.29) is 5.91 Å². The SMILES string of the molecule is NC1(C(=O)Nc2ccc(-n3cnnn3)cc2)CC1. The van der Waals surface area contributed by atoms with Crippen molar-refractivity contribution in [1.29, 1.82) is 0 Å². The Labute approximate surface area is 103 Å². The van der Waals surface area contributed by atoms with Crippen LogP contribution in [0.1, 0.15) is 12.8 Å². The van der Waals surface area contributed by atoms with Crippen LogP contribution in [0, 0.1) is 0 Å². The van der Waals surface area contributed by atoms with Gasteiger partial charge in [0.2, 0.25) is 5.91 Å². The Hall–Kier alpha value is -2.28. The van der Waals surface area contributed by atoms with Crippen molar-refractivity contribution in [2.75, 3.05) is 5.32 Å². The lowest BCUT2D eigenvalue weighted by atomic mass is 10.2. The third-order valence-electron chi connectivity index (χ3n) is 2.98. The van der Waals surface area contributed by atoms with E-state index in [4.69, 9.17) is 5.73 Å². The molecule has 0 unspecified atom stereocenters. The summed E-state index contributed by atoms with van der Waals surface area (Å²) in [6, 6.07) is 7.23. The number of benzene rings is 1. The van der Waals surface area contributed by atoms with Gasteiger partial charge >= 0.3 is 0 Å². The number of nitrogens with one attached hydrogen (secondary N) is 1. The van der Waals surface area contributed by atoms with Gasteiger partial charge in [-0.25, -0.2) is 4.68 Å². The molecule has 1 aliphatic rings. The smallest absolute Gasteiger partial charge is 0.244 e. The molecule has 0 aliphatic heterocycles. The summed E-state index contributed by atoms with van der Waals surface area (Å²) < 4.78 is 1.54. The van der Waals surface area contributed by atoms with E-state index in [1.807, 2.05) is 12.1 Å². The van der Waals surface area contributed by atoms with Crippen LogP contribution in [0.2, 0.25) is 0 Å². The van der Waals surface area contributed by atoms with Gasteiger partial charge < -0.3 is 11.1 Å². The second-order valence-corrected chi connectivity index (χ2v) is 4.41. The maximum Gasteiger partial charge on any atom is 0.244 e. The zero-order valence-electron chi connectivity index (χ0n) is 9.58. The number of rotatable bonds is 3. The normalized spacial score (nSPS) is 16.3. The molecule has 92 valence electrons. The van der Waals surface area contributed by atoms with E-state index in [0.29, 0.717) is 5.69 Å². The Morgan fingerprint density at radius 2 is 2.06 bits per heavy atom. The van der Waals surface area contributed by atoms with Crippen LogP contribution in [0.25, 0.3) is 5.69 Å². The van der Waals surface area contributed by atoms with Crippen LogP contribution in [-0.4, -0.2) is 31.7 Å². The number of anilines is 1. The summed E-state index contributed by atoms with van der Waals surface area (Å²) in [5.74, 6) is -0.127. The third-order valence-corrected chi connectivity index (χ3v) is 2.98. The first-order chi connectivity index (χ1) is 8.67. The summed E-state index contributed by atoms with van der Waals surface area (Å²) in [7, 11) is 0. The highest BCUT2D eigenvalue weighted by atomic mass is 16.2. The second kappa shape index (κ2) is 3.88. The predicted molar refractivity (Wildman–Crippen MR) is 63.9 cm³/mol. The van der Waals surface area contributed by atoms with Crippen LogP contribution in [0.5, 0.6) is 0 Å². The summed E-state index contributed by atoms with van der Waals surface area (Å²) in [6.07, 6.45) is 3.01. The minimum absolute atomic E-state index is 0.127. The number of nitrogens with two attached hydrogens (primary N) is 1. The Bertz CT molecular complexity index is 558. The first kappa shape index (κ1) is 10.8. The zero-order chi connectivity index (χ0) is 12.6. The first-order valence-corrected chi connectivity index (χ1v) is 5.61. The molecule has 0 bridgehead atoms. The van der Waals surface area contributed by atoms with Gasteiger partial charge in [-0.1, -0.05) is 0 Å². The van der Waals surface area contributed by atoms with Crippen molar-refractivity contribution in [1.82, 2.24) is 20.2 Å². The highest BCUT2D eigenvalue weighted by Crippen LogP contribution is 2.33. The largest absolute Gasteiger partial charge is 0.324 e. The Morgan fingerprint density at radius 3 is 2.61 bits per heavy atom. The number of tetrazole rings is 1. The van der Waals surface area contributed by atoms with E-state index in [1.165, 1.54) is 11.0 Å². The maximum atomic E-state index is 11.7. The van der Waals surface area contributed by atoms with Crippen molar-refractivity contribution in [3.8, 4) is 5.69 Å². The van der Waals surface area contributed by atoms with Crippen molar-refractivity contribution in [3.05, 3.63) is 30.6 Å². The second-order valence-electron chi connectivity index (χ2n) is 4.41. The fourth-order valence-corrected chi connectivity index (χ4v) is 1.59. The maximum absolute atomic E-state index is 11.7. The molecule has 0 spiro atoms. The van der Waals surface area contributed by atoms with Crippen molar-refractivity contribution in [2.45, 2.75) is 18.4 Å². The van der Waals surface area contributed by atoms with Crippen LogP contribution in [0.15, 0.2) is 30.6 Å². The number of carbonyl (C=O) groups is 1. The summed E-state index contributed by atoms with van der Waals surface area (Å²) >= 11 is 0. The predicted octanol–water partition coefficient (Wildman–Crippen LogP) is 0.0921.